The van der Waals surface area contributed by atoms with Crippen LogP contribution in [-0.4, -0.2) is 34.0 Å². The summed E-state index contributed by atoms with van der Waals surface area (Å²) in [6.07, 6.45) is 7.42. The Kier molecular flexibility index (Phi) is 5.94. The first kappa shape index (κ1) is 16.2. The van der Waals surface area contributed by atoms with Crippen LogP contribution < -0.4 is 0 Å². The number of carboxylic acids is 1. The second-order valence-electron chi connectivity index (χ2n) is 5.82. The highest BCUT2D eigenvalue weighted by Crippen LogP contribution is 2.25. The lowest BCUT2D eigenvalue weighted by atomic mass is 10.0. The molecule has 1 saturated heterocycles. The molecule has 5 heteroatoms. The summed E-state index contributed by atoms with van der Waals surface area (Å²) in [5.41, 5.74) is 1.04. The molecule has 0 aliphatic carbocycles. The Bertz CT molecular complexity index is 510. The van der Waals surface area contributed by atoms with Crippen molar-refractivity contribution in [3.8, 4) is 0 Å². The van der Waals surface area contributed by atoms with Crippen molar-refractivity contribution in [2.75, 3.05) is 13.1 Å². The van der Waals surface area contributed by atoms with E-state index in [1.807, 2.05) is 0 Å². The highest BCUT2D eigenvalue weighted by molar-refractivity contribution is 7.12. The van der Waals surface area contributed by atoms with Crippen LogP contribution in [0.25, 0.3) is 6.08 Å². The molecule has 4 nitrogen and oxygen atoms in total. The molecule has 0 amide bonds. The number of piperidine rings is 1. The van der Waals surface area contributed by atoms with Gasteiger partial charge in [-0.05, 0) is 37.8 Å². The number of rotatable bonds is 6. The number of hydrogen-bond acceptors (Lipinski definition) is 4. The van der Waals surface area contributed by atoms with E-state index in [1.54, 1.807) is 17.4 Å². The van der Waals surface area contributed by atoms with E-state index in [0.717, 1.165) is 54.0 Å². The second-order valence-corrected chi connectivity index (χ2v) is 6.94. The summed E-state index contributed by atoms with van der Waals surface area (Å²) in [4.78, 5) is 18.9. The summed E-state index contributed by atoms with van der Waals surface area (Å²) in [5.74, 6) is -0.141. The van der Waals surface area contributed by atoms with Crippen LogP contribution in [0.4, 0.5) is 0 Å². The number of hydrogen-bond donors (Lipinski definition) is 1. The molecule has 1 unspecified atom stereocenters. The molecule has 1 aromatic heterocycles. The fourth-order valence-corrected chi connectivity index (χ4v) is 3.86. The molecule has 1 fully saturated rings. The van der Waals surface area contributed by atoms with Crippen molar-refractivity contribution in [3.05, 3.63) is 21.7 Å². The van der Waals surface area contributed by atoms with Crippen LogP contribution >= 0.6 is 11.3 Å². The molecule has 0 bridgehead atoms. The number of nitrogens with zero attached hydrogens (tertiary/aromatic N) is 2. The molecular weight excluding hydrogens is 284 g/mol. The quantitative estimate of drug-likeness (QED) is 0.818. The van der Waals surface area contributed by atoms with Gasteiger partial charge in [0.1, 0.15) is 5.01 Å². The number of aromatic nitrogens is 1. The van der Waals surface area contributed by atoms with Crippen LogP contribution in [0, 0.1) is 5.92 Å². The van der Waals surface area contributed by atoms with Gasteiger partial charge in [0.2, 0.25) is 0 Å². The third-order valence-electron chi connectivity index (χ3n) is 3.74. The molecule has 0 saturated carbocycles. The monoisotopic (exact) mass is 308 g/mol. The molecular formula is C16H24N2O2S. The van der Waals surface area contributed by atoms with Crippen molar-refractivity contribution in [2.45, 2.75) is 46.1 Å². The fourth-order valence-electron chi connectivity index (χ4n) is 2.80. The van der Waals surface area contributed by atoms with Gasteiger partial charge in [-0.1, -0.05) is 20.3 Å². The Hall–Kier alpha value is -1.20. The van der Waals surface area contributed by atoms with E-state index in [0.29, 0.717) is 0 Å². The zero-order valence-corrected chi connectivity index (χ0v) is 13.7. The standard InChI is InChI=1S/C16H24N2O2S/c1-3-5-13-14(7-8-16(19)20)21-15(17-13)11-18-9-4-6-12(2)10-18/h7-8,12H,3-6,9-11H2,1-2H3,(H,19,20)/b8-7+. The van der Waals surface area contributed by atoms with Crippen molar-refractivity contribution < 1.29 is 9.90 Å². The Morgan fingerprint density at radius 2 is 2.38 bits per heavy atom. The first-order chi connectivity index (χ1) is 10.1. The number of carboxylic acid groups (broad SMARTS) is 1. The smallest absolute Gasteiger partial charge is 0.328 e. The van der Waals surface area contributed by atoms with Crippen LogP contribution in [0.5, 0.6) is 0 Å². The molecule has 0 spiro atoms. The summed E-state index contributed by atoms with van der Waals surface area (Å²) in [7, 11) is 0. The average Bonchev–Trinajstić information content (AvgIpc) is 2.79. The topological polar surface area (TPSA) is 53.4 Å². The van der Waals surface area contributed by atoms with E-state index in [9.17, 15) is 4.79 Å². The lowest BCUT2D eigenvalue weighted by molar-refractivity contribution is -0.131. The first-order valence-electron chi connectivity index (χ1n) is 7.70. The van der Waals surface area contributed by atoms with Crippen LogP contribution in [0.1, 0.15) is 48.7 Å². The third-order valence-corrected chi connectivity index (χ3v) is 4.78. The molecule has 1 aliphatic rings. The summed E-state index contributed by atoms with van der Waals surface area (Å²) in [5, 5.41) is 9.89. The van der Waals surface area contributed by atoms with Crippen molar-refractivity contribution in [1.82, 2.24) is 9.88 Å². The van der Waals surface area contributed by atoms with Gasteiger partial charge >= 0.3 is 5.97 Å². The molecule has 2 heterocycles. The molecule has 1 N–H and O–H groups in total. The Labute approximate surface area is 130 Å². The number of carbonyl (C=O) groups is 1. The highest BCUT2D eigenvalue weighted by Gasteiger charge is 2.18. The second kappa shape index (κ2) is 7.71. The summed E-state index contributed by atoms with van der Waals surface area (Å²) < 4.78 is 0. The fraction of sp³-hybridized carbons (Fsp3) is 0.625. The molecule has 1 atom stereocenters. The molecule has 1 aromatic rings. The number of thiazole rings is 1. The van der Waals surface area contributed by atoms with Gasteiger partial charge in [0.15, 0.2) is 0 Å². The van der Waals surface area contributed by atoms with E-state index < -0.39 is 5.97 Å². The molecule has 21 heavy (non-hydrogen) atoms. The third kappa shape index (κ3) is 4.93. The average molecular weight is 308 g/mol. The number of likely N-dealkylation sites (tertiary alicyclic amines) is 1. The molecule has 2 rings (SSSR count). The number of aliphatic carboxylic acids is 1. The van der Waals surface area contributed by atoms with Gasteiger partial charge in [0, 0.05) is 12.6 Å². The lowest BCUT2D eigenvalue weighted by Crippen LogP contribution is -2.33. The Morgan fingerprint density at radius 1 is 1.57 bits per heavy atom. The Balaban J connectivity index is 2.08. The van der Waals surface area contributed by atoms with Crippen LogP contribution in [0.15, 0.2) is 6.08 Å². The summed E-state index contributed by atoms with van der Waals surface area (Å²) in [6.45, 7) is 7.61. The molecule has 0 radical (unpaired) electrons. The minimum atomic E-state index is -0.905. The molecule has 0 aromatic carbocycles. The zero-order chi connectivity index (χ0) is 15.2. The maximum atomic E-state index is 10.7. The highest BCUT2D eigenvalue weighted by atomic mass is 32.1. The number of aryl methyl sites for hydroxylation is 1. The maximum Gasteiger partial charge on any atom is 0.328 e. The van der Waals surface area contributed by atoms with E-state index in [2.05, 4.69) is 18.7 Å². The predicted octanol–water partition coefficient (Wildman–Crippen LogP) is 3.43. The molecule has 1 aliphatic heterocycles. The molecule has 116 valence electrons. The SMILES string of the molecule is CCCc1nc(CN2CCCC(C)C2)sc1/C=C/C(=O)O. The van der Waals surface area contributed by atoms with Crippen molar-refractivity contribution in [2.24, 2.45) is 5.92 Å². The van der Waals surface area contributed by atoms with E-state index in [1.165, 1.54) is 18.9 Å². The van der Waals surface area contributed by atoms with E-state index in [-0.39, 0.29) is 0 Å². The summed E-state index contributed by atoms with van der Waals surface area (Å²) in [6, 6.07) is 0. The summed E-state index contributed by atoms with van der Waals surface area (Å²) >= 11 is 1.63. The van der Waals surface area contributed by atoms with E-state index >= 15 is 0 Å². The van der Waals surface area contributed by atoms with Crippen molar-refractivity contribution >= 4 is 23.4 Å². The maximum absolute atomic E-state index is 10.7. The van der Waals surface area contributed by atoms with Crippen LogP contribution in [0.3, 0.4) is 0 Å². The van der Waals surface area contributed by atoms with Crippen molar-refractivity contribution in [1.29, 1.82) is 0 Å². The van der Waals surface area contributed by atoms with Gasteiger partial charge in [-0.25, -0.2) is 9.78 Å². The minimum Gasteiger partial charge on any atom is -0.478 e. The van der Waals surface area contributed by atoms with Gasteiger partial charge < -0.3 is 5.11 Å². The largest absolute Gasteiger partial charge is 0.478 e. The lowest BCUT2D eigenvalue weighted by Gasteiger charge is -2.29. The first-order valence-corrected chi connectivity index (χ1v) is 8.52. The normalized spacial score (nSPS) is 20.2. The van der Waals surface area contributed by atoms with Gasteiger partial charge in [-0.2, -0.15) is 0 Å². The van der Waals surface area contributed by atoms with Gasteiger partial charge in [-0.3, -0.25) is 4.90 Å². The van der Waals surface area contributed by atoms with Crippen LogP contribution in [-0.2, 0) is 17.8 Å². The minimum absolute atomic E-state index is 0.764. The Morgan fingerprint density at radius 3 is 3.05 bits per heavy atom. The van der Waals surface area contributed by atoms with Gasteiger partial charge in [0.05, 0.1) is 17.1 Å². The zero-order valence-electron chi connectivity index (χ0n) is 12.8. The van der Waals surface area contributed by atoms with Crippen molar-refractivity contribution in [3.63, 3.8) is 0 Å². The van der Waals surface area contributed by atoms with Gasteiger partial charge in [-0.15, -0.1) is 11.3 Å². The van der Waals surface area contributed by atoms with Gasteiger partial charge in [0.25, 0.3) is 0 Å². The predicted molar refractivity (Wildman–Crippen MR) is 86.5 cm³/mol. The van der Waals surface area contributed by atoms with Crippen LogP contribution in [0.2, 0.25) is 0 Å². The van der Waals surface area contributed by atoms with E-state index in [4.69, 9.17) is 10.1 Å².